The lowest BCUT2D eigenvalue weighted by Gasteiger charge is -2.30. The van der Waals surface area contributed by atoms with Crippen molar-refractivity contribution in [3.8, 4) is 0 Å². The molecule has 2 aromatic carbocycles. The average Bonchev–Trinajstić information content (AvgIpc) is 2.49. The smallest absolute Gasteiger partial charge is 0.326 e. The third kappa shape index (κ3) is 3.38. The number of aliphatic carboxylic acids is 1. The third-order valence-corrected chi connectivity index (χ3v) is 3.36. The zero-order chi connectivity index (χ0) is 14.4. The van der Waals surface area contributed by atoms with E-state index in [9.17, 15) is 9.90 Å². The monoisotopic (exact) mass is 269 g/mol. The van der Waals surface area contributed by atoms with Crippen LogP contribution in [0.4, 0.5) is 5.69 Å². The number of anilines is 1. The molecule has 0 aliphatic carbocycles. The van der Waals surface area contributed by atoms with E-state index in [1.54, 1.807) is 0 Å². The minimum atomic E-state index is -0.792. The van der Waals surface area contributed by atoms with E-state index in [-0.39, 0.29) is 0 Å². The molecule has 0 spiro atoms. The van der Waals surface area contributed by atoms with Crippen molar-refractivity contribution in [1.82, 2.24) is 0 Å². The van der Waals surface area contributed by atoms with Crippen LogP contribution in [0.25, 0.3) is 0 Å². The zero-order valence-electron chi connectivity index (χ0n) is 11.6. The number of hydrogen-bond acceptors (Lipinski definition) is 2. The molecule has 104 valence electrons. The number of carbonyl (C=O) groups is 1. The quantitative estimate of drug-likeness (QED) is 0.875. The summed E-state index contributed by atoms with van der Waals surface area (Å²) in [5.41, 5.74) is 1.98. The molecule has 1 atom stereocenters. The van der Waals surface area contributed by atoms with E-state index in [1.165, 1.54) is 0 Å². The largest absolute Gasteiger partial charge is 0.480 e. The lowest BCUT2D eigenvalue weighted by molar-refractivity contribution is -0.138. The Labute approximate surface area is 119 Å². The predicted octanol–water partition coefficient (Wildman–Crippen LogP) is 3.21. The highest BCUT2D eigenvalue weighted by molar-refractivity contribution is 5.78. The Balaban J connectivity index is 2.25. The van der Waals surface area contributed by atoms with E-state index in [1.807, 2.05) is 72.5 Å². The summed E-state index contributed by atoms with van der Waals surface area (Å²) in [6.45, 7) is 2.64. The summed E-state index contributed by atoms with van der Waals surface area (Å²) < 4.78 is 0. The fourth-order valence-corrected chi connectivity index (χ4v) is 2.37. The first kappa shape index (κ1) is 14.1. The van der Waals surface area contributed by atoms with Gasteiger partial charge in [-0.2, -0.15) is 0 Å². The van der Waals surface area contributed by atoms with Crippen LogP contribution < -0.4 is 4.90 Å². The van der Waals surface area contributed by atoms with E-state index in [0.717, 1.165) is 11.3 Å². The number of benzene rings is 2. The first-order valence-corrected chi connectivity index (χ1v) is 6.80. The second-order valence-corrected chi connectivity index (χ2v) is 4.67. The molecule has 1 N–H and O–H groups in total. The highest BCUT2D eigenvalue weighted by Crippen LogP contribution is 2.19. The van der Waals surface area contributed by atoms with Crippen molar-refractivity contribution in [2.75, 3.05) is 11.4 Å². The number of carboxylic acids is 1. The second kappa shape index (κ2) is 6.75. The Bertz CT molecular complexity index is 539. The molecule has 2 aromatic rings. The number of likely N-dealkylation sites (N-methyl/N-ethyl adjacent to an activating group) is 1. The predicted molar refractivity (Wildman–Crippen MR) is 81.0 cm³/mol. The fraction of sp³-hybridized carbons (Fsp3) is 0.235. The molecular formula is C17H19NO2. The van der Waals surface area contributed by atoms with E-state index in [4.69, 9.17) is 0 Å². The van der Waals surface area contributed by atoms with Crippen molar-refractivity contribution in [1.29, 1.82) is 0 Å². The van der Waals surface area contributed by atoms with Crippen LogP contribution in [-0.2, 0) is 11.2 Å². The highest BCUT2D eigenvalue weighted by atomic mass is 16.4. The summed E-state index contributed by atoms with van der Waals surface area (Å²) >= 11 is 0. The molecule has 0 aliphatic rings. The summed E-state index contributed by atoms with van der Waals surface area (Å²) in [6, 6.07) is 18.9. The number of para-hydroxylation sites is 1. The van der Waals surface area contributed by atoms with Crippen LogP contribution in [0, 0.1) is 0 Å². The van der Waals surface area contributed by atoms with E-state index >= 15 is 0 Å². The number of nitrogens with zero attached hydrogens (tertiary/aromatic N) is 1. The normalized spacial score (nSPS) is 11.8. The van der Waals surface area contributed by atoms with Gasteiger partial charge in [-0.15, -0.1) is 0 Å². The van der Waals surface area contributed by atoms with Crippen molar-refractivity contribution < 1.29 is 9.90 Å². The van der Waals surface area contributed by atoms with Gasteiger partial charge in [-0.1, -0.05) is 48.5 Å². The Morgan fingerprint density at radius 1 is 1.05 bits per heavy atom. The van der Waals surface area contributed by atoms with Gasteiger partial charge in [0.15, 0.2) is 0 Å². The van der Waals surface area contributed by atoms with Crippen LogP contribution in [0.2, 0.25) is 0 Å². The molecule has 0 radical (unpaired) electrons. The number of hydrogen-bond donors (Lipinski definition) is 1. The Kier molecular flexibility index (Phi) is 4.77. The molecule has 0 aliphatic heterocycles. The lowest BCUT2D eigenvalue weighted by Crippen LogP contribution is -2.42. The van der Waals surface area contributed by atoms with Crippen molar-refractivity contribution in [3.05, 3.63) is 66.2 Å². The molecule has 0 bridgehead atoms. The standard InChI is InChI=1S/C17H19NO2/c1-2-18(15-11-7-4-8-12-15)16(17(19)20)13-14-9-5-3-6-10-14/h3-12,16H,2,13H2,1H3,(H,19,20)/t16-/m1/s1. The van der Waals surface area contributed by atoms with E-state index in [2.05, 4.69) is 0 Å². The van der Waals surface area contributed by atoms with Crippen molar-refractivity contribution >= 4 is 11.7 Å². The van der Waals surface area contributed by atoms with Gasteiger partial charge >= 0.3 is 5.97 Å². The Morgan fingerprint density at radius 2 is 1.60 bits per heavy atom. The molecular weight excluding hydrogens is 250 g/mol. The number of carboxylic acid groups (broad SMARTS) is 1. The maximum absolute atomic E-state index is 11.6. The summed E-state index contributed by atoms with van der Waals surface area (Å²) in [7, 11) is 0. The third-order valence-electron chi connectivity index (χ3n) is 3.36. The summed E-state index contributed by atoms with van der Waals surface area (Å²) in [5.74, 6) is -0.792. The lowest BCUT2D eigenvalue weighted by atomic mass is 10.0. The molecule has 3 heteroatoms. The minimum Gasteiger partial charge on any atom is -0.480 e. The Morgan fingerprint density at radius 3 is 2.10 bits per heavy atom. The van der Waals surface area contributed by atoms with Crippen LogP contribution in [0.1, 0.15) is 12.5 Å². The number of rotatable bonds is 6. The summed E-state index contributed by atoms with van der Waals surface area (Å²) in [4.78, 5) is 13.6. The van der Waals surface area contributed by atoms with Gasteiger partial charge in [0.25, 0.3) is 0 Å². The van der Waals surface area contributed by atoms with Gasteiger partial charge in [-0.25, -0.2) is 4.79 Å². The first-order chi connectivity index (χ1) is 9.72. The van der Waals surface area contributed by atoms with Crippen LogP contribution in [-0.4, -0.2) is 23.7 Å². The molecule has 0 saturated carbocycles. The molecule has 0 amide bonds. The topological polar surface area (TPSA) is 40.5 Å². The van der Waals surface area contributed by atoms with Crippen molar-refractivity contribution in [2.24, 2.45) is 0 Å². The second-order valence-electron chi connectivity index (χ2n) is 4.67. The molecule has 0 fully saturated rings. The Hall–Kier alpha value is -2.29. The molecule has 0 saturated heterocycles. The van der Waals surface area contributed by atoms with Gasteiger partial charge in [0.05, 0.1) is 0 Å². The van der Waals surface area contributed by atoms with Gasteiger partial charge in [0.2, 0.25) is 0 Å². The maximum atomic E-state index is 11.6. The SMILES string of the molecule is CCN(c1ccccc1)[C@H](Cc1ccccc1)C(=O)O. The van der Waals surface area contributed by atoms with Gasteiger partial charge in [-0.05, 0) is 24.6 Å². The van der Waals surface area contributed by atoms with Crippen LogP contribution in [0.5, 0.6) is 0 Å². The molecule has 0 heterocycles. The summed E-state index contributed by atoms with van der Waals surface area (Å²) in [6.07, 6.45) is 0.499. The highest BCUT2D eigenvalue weighted by Gasteiger charge is 2.24. The molecule has 0 aromatic heterocycles. The zero-order valence-corrected chi connectivity index (χ0v) is 11.6. The van der Waals surface area contributed by atoms with E-state index in [0.29, 0.717) is 13.0 Å². The van der Waals surface area contributed by atoms with Crippen LogP contribution in [0.15, 0.2) is 60.7 Å². The van der Waals surface area contributed by atoms with Gasteiger partial charge in [0, 0.05) is 18.7 Å². The average molecular weight is 269 g/mol. The molecule has 0 unspecified atom stereocenters. The molecule has 2 rings (SSSR count). The summed E-state index contributed by atoms with van der Waals surface area (Å²) in [5, 5.41) is 9.56. The van der Waals surface area contributed by atoms with Gasteiger partial charge in [0.1, 0.15) is 6.04 Å². The van der Waals surface area contributed by atoms with Crippen LogP contribution in [0.3, 0.4) is 0 Å². The van der Waals surface area contributed by atoms with Gasteiger partial charge < -0.3 is 10.0 Å². The first-order valence-electron chi connectivity index (χ1n) is 6.80. The van der Waals surface area contributed by atoms with Gasteiger partial charge in [-0.3, -0.25) is 0 Å². The molecule has 20 heavy (non-hydrogen) atoms. The van der Waals surface area contributed by atoms with Crippen molar-refractivity contribution in [2.45, 2.75) is 19.4 Å². The van der Waals surface area contributed by atoms with Crippen molar-refractivity contribution in [3.63, 3.8) is 0 Å². The van der Waals surface area contributed by atoms with E-state index < -0.39 is 12.0 Å². The minimum absolute atomic E-state index is 0.499. The maximum Gasteiger partial charge on any atom is 0.326 e. The fourth-order valence-electron chi connectivity index (χ4n) is 2.37. The van der Waals surface area contributed by atoms with Crippen LogP contribution >= 0.6 is 0 Å². The molecule has 3 nitrogen and oxygen atoms in total.